The Balaban J connectivity index is 2.05. The van der Waals surface area contributed by atoms with Gasteiger partial charge in [-0.3, -0.25) is 14.0 Å². The zero-order valence-electron chi connectivity index (χ0n) is 16.4. The summed E-state index contributed by atoms with van der Waals surface area (Å²) in [5, 5.41) is 0. The van der Waals surface area contributed by atoms with Gasteiger partial charge in [0.25, 0.3) is 0 Å². The number of ether oxygens (including phenoxy) is 2. The van der Waals surface area contributed by atoms with Crippen molar-refractivity contribution >= 4 is 28.6 Å². The van der Waals surface area contributed by atoms with Gasteiger partial charge >= 0.3 is 5.97 Å². The van der Waals surface area contributed by atoms with Gasteiger partial charge in [-0.25, -0.2) is 4.98 Å². The molecule has 0 radical (unpaired) electrons. The van der Waals surface area contributed by atoms with Gasteiger partial charge in [0.2, 0.25) is 0 Å². The highest BCUT2D eigenvalue weighted by Crippen LogP contribution is 2.35. The highest BCUT2D eigenvalue weighted by Gasteiger charge is 2.20. The second-order valence-corrected chi connectivity index (χ2v) is 7.40. The van der Waals surface area contributed by atoms with Crippen LogP contribution < -0.4 is 4.74 Å². The van der Waals surface area contributed by atoms with Gasteiger partial charge in [-0.1, -0.05) is 19.4 Å². The van der Waals surface area contributed by atoms with E-state index in [2.05, 4.69) is 18.0 Å². The van der Waals surface area contributed by atoms with E-state index >= 15 is 0 Å². The third-order valence-electron chi connectivity index (χ3n) is 4.28. The maximum atomic E-state index is 11.9. The number of aldehydes is 1. The van der Waals surface area contributed by atoms with Crippen LogP contribution in [0.3, 0.4) is 0 Å². The van der Waals surface area contributed by atoms with Crippen molar-refractivity contribution in [2.75, 3.05) is 13.2 Å². The molecule has 0 unspecified atom stereocenters. The molecule has 6 nitrogen and oxygen atoms in total. The summed E-state index contributed by atoms with van der Waals surface area (Å²) in [7, 11) is 0. The number of hydrogen-bond acceptors (Lipinski definition) is 6. The number of thiazole rings is 1. The van der Waals surface area contributed by atoms with Gasteiger partial charge in [-0.15, -0.1) is 11.3 Å². The number of rotatable bonds is 9. The Morgan fingerprint density at radius 1 is 1.25 bits per heavy atom. The van der Waals surface area contributed by atoms with Gasteiger partial charge in [0.15, 0.2) is 11.2 Å². The van der Waals surface area contributed by atoms with Crippen molar-refractivity contribution in [1.82, 2.24) is 9.38 Å². The molecule has 0 atom stereocenters. The van der Waals surface area contributed by atoms with E-state index in [0.717, 1.165) is 29.6 Å². The van der Waals surface area contributed by atoms with Crippen LogP contribution in [0.15, 0.2) is 24.4 Å². The van der Waals surface area contributed by atoms with E-state index in [1.165, 1.54) is 16.9 Å². The predicted molar refractivity (Wildman–Crippen MR) is 109 cm³/mol. The third-order valence-corrected chi connectivity index (χ3v) is 5.27. The third kappa shape index (κ3) is 4.09. The van der Waals surface area contributed by atoms with Crippen LogP contribution in [-0.4, -0.2) is 34.9 Å². The molecule has 2 heterocycles. The minimum Gasteiger partial charge on any atom is -0.493 e. The fourth-order valence-corrected chi connectivity index (χ4v) is 4.11. The predicted octanol–water partition coefficient (Wildman–Crippen LogP) is 4.33. The number of esters is 1. The minimum absolute atomic E-state index is 0.172. The SMILES string of the molecule is CCCc1ccc(OCC)c(-c2nc3sc(CC(=O)OCC)cn3c2C=O)c1. The van der Waals surface area contributed by atoms with Crippen LogP contribution >= 0.6 is 11.3 Å². The second kappa shape index (κ2) is 9.01. The maximum Gasteiger partial charge on any atom is 0.311 e. The Kier molecular flexibility index (Phi) is 6.46. The van der Waals surface area contributed by atoms with Gasteiger partial charge in [0.1, 0.15) is 17.1 Å². The first kappa shape index (κ1) is 20.1. The lowest BCUT2D eigenvalue weighted by atomic mass is 10.0. The van der Waals surface area contributed by atoms with Crippen LogP contribution in [0.1, 0.15) is 48.1 Å². The topological polar surface area (TPSA) is 69.9 Å². The summed E-state index contributed by atoms with van der Waals surface area (Å²) >= 11 is 1.38. The smallest absolute Gasteiger partial charge is 0.311 e. The van der Waals surface area contributed by atoms with E-state index in [9.17, 15) is 9.59 Å². The van der Waals surface area contributed by atoms with E-state index in [0.29, 0.717) is 35.3 Å². The second-order valence-electron chi connectivity index (χ2n) is 6.31. The van der Waals surface area contributed by atoms with Crippen molar-refractivity contribution in [2.45, 2.75) is 40.0 Å². The molecule has 0 fully saturated rings. The van der Waals surface area contributed by atoms with Gasteiger partial charge in [-0.2, -0.15) is 0 Å². The molecule has 7 heteroatoms. The summed E-state index contributed by atoms with van der Waals surface area (Å²) in [4.78, 5) is 29.8. The summed E-state index contributed by atoms with van der Waals surface area (Å²) in [5.74, 6) is 0.425. The number of fused-ring (bicyclic) bond motifs is 1. The fraction of sp³-hybridized carbons (Fsp3) is 0.381. The lowest BCUT2D eigenvalue weighted by Crippen LogP contribution is -2.06. The highest BCUT2D eigenvalue weighted by molar-refractivity contribution is 7.17. The number of aryl methyl sites for hydroxylation is 1. The number of hydrogen-bond donors (Lipinski definition) is 0. The van der Waals surface area contributed by atoms with Gasteiger partial charge in [0, 0.05) is 16.6 Å². The van der Waals surface area contributed by atoms with Crippen molar-refractivity contribution in [3.8, 4) is 17.0 Å². The first-order valence-corrected chi connectivity index (χ1v) is 10.3. The molecule has 0 spiro atoms. The number of imidazole rings is 1. The average molecular weight is 401 g/mol. The quantitative estimate of drug-likeness (QED) is 0.395. The monoisotopic (exact) mass is 400 g/mol. The normalized spacial score (nSPS) is 11.0. The molecule has 0 N–H and O–H groups in total. The van der Waals surface area contributed by atoms with Gasteiger partial charge in [-0.05, 0) is 38.0 Å². The highest BCUT2D eigenvalue weighted by atomic mass is 32.1. The fourth-order valence-electron chi connectivity index (χ4n) is 3.14. The van der Waals surface area contributed by atoms with Crippen molar-refractivity contribution in [1.29, 1.82) is 0 Å². The van der Waals surface area contributed by atoms with Crippen molar-refractivity contribution in [3.05, 3.63) is 40.5 Å². The van der Waals surface area contributed by atoms with Crippen LogP contribution in [-0.2, 0) is 22.4 Å². The molecule has 0 saturated carbocycles. The van der Waals surface area contributed by atoms with Crippen LogP contribution in [0.2, 0.25) is 0 Å². The van der Waals surface area contributed by atoms with E-state index in [-0.39, 0.29) is 12.4 Å². The molecule has 0 aliphatic heterocycles. The maximum absolute atomic E-state index is 11.9. The lowest BCUT2D eigenvalue weighted by Gasteiger charge is -2.11. The molecular formula is C21H24N2O4S. The molecule has 1 aromatic carbocycles. The lowest BCUT2D eigenvalue weighted by molar-refractivity contribution is -0.142. The van der Waals surface area contributed by atoms with Crippen LogP contribution in [0.5, 0.6) is 5.75 Å². The number of benzene rings is 1. The summed E-state index contributed by atoms with van der Waals surface area (Å²) < 4.78 is 12.5. The molecule has 28 heavy (non-hydrogen) atoms. The Bertz CT molecular complexity index is 990. The Morgan fingerprint density at radius 2 is 2.07 bits per heavy atom. The first-order valence-electron chi connectivity index (χ1n) is 9.48. The summed E-state index contributed by atoms with van der Waals surface area (Å²) in [6, 6.07) is 6.04. The molecule has 3 rings (SSSR count). The number of nitrogens with zero attached hydrogens (tertiary/aromatic N) is 2. The zero-order chi connectivity index (χ0) is 20.1. The number of carbonyl (C=O) groups is 2. The molecule has 0 aliphatic carbocycles. The minimum atomic E-state index is -0.286. The van der Waals surface area contributed by atoms with Crippen LogP contribution in [0.25, 0.3) is 16.2 Å². The van der Waals surface area contributed by atoms with Gasteiger partial charge in [0.05, 0.1) is 19.6 Å². The van der Waals surface area contributed by atoms with Crippen molar-refractivity contribution < 1.29 is 19.1 Å². The molecule has 2 aromatic heterocycles. The van der Waals surface area contributed by atoms with Crippen LogP contribution in [0.4, 0.5) is 0 Å². The Hall–Kier alpha value is -2.67. The van der Waals surface area contributed by atoms with E-state index in [4.69, 9.17) is 9.47 Å². The number of carbonyl (C=O) groups excluding carboxylic acids is 2. The zero-order valence-corrected chi connectivity index (χ0v) is 17.2. The summed E-state index contributed by atoms with van der Waals surface area (Å²) in [6.07, 6.45) is 4.74. The summed E-state index contributed by atoms with van der Waals surface area (Å²) in [5.41, 5.74) is 3.05. The molecular weight excluding hydrogens is 376 g/mol. The largest absolute Gasteiger partial charge is 0.493 e. The molecule has 0 bridgehead atoms. The Labute approximate surface area is 168 Å². The standard InChI is InChI=1S/C21H24N2O4S/c1-4-7-14-8-9-18(26-5-2)16(10-14)20-17(13-24)23-12-15(28-21(23)22-20)11-19(25)27-6-3/h8-10,12-13H,4-7,11H2,1-3H3. The average Bonchev–Trinajstić information content (AvgIpc) is 3.20. The van der Waals surface area contributed by atoms with E-state index in [1.54, 1.807) is 17.5 Å². The molecule has 0 saturated heterocycles. The number of aromatic nitrogens is 2. The van der Waals surface area contributed by atoms with E-state index in [1.807, 2.05) is 19.1 Å². The molecule has 3 aromatic rings. The van der Waals surface area contributed by atoms with E-state index < -0.39 is 0 Å². The van der Waals surface area contributed by atoms with Gasteiger partial charge < -0.3 is 9.47 Å². The molecule has 0 aliphatic rings. The molecule has 148 valence electrons. The van der Waals surface area contributed by atoms with Crippen molar-refractivity contribution in [2.24, 2.45) is 0 Å². The molecule has 0 amide bonds. The Morgan fingerprint density at radius 3 is 2.75 bits per heavy atom. The van der Waals surface area contributed by atoms with Crippen molar-refractivity contribution in [3.63, 3.8) is 0 Å². The first-order chi connectivity index (χ1) is 13.6. The van der Waals surface area contributed by atoms with Crippen LogP contribution in [0, 0.1) is 0 Å². The summed E-state index contributed by atoms with van der Waals surface area (Å²) in [6.45, 7) is 6.71.